The van der Waals surface area contributed by atoms with E-state index in [0.717, 1.165) is 0 Å². The van der Waals surface area contributed by atoms with E-state index < -0.39 is 9.05 Å². The molecule has 2 aromatic rings. The molecule has 0 saturated heterocycles. The summed E-state index contributed by atoms with van der Waals surface area (Å²) in [4.78, 5) is 5.00. The summed E-state index contributed by atoms with van der Waals surface area (Å²) in [6.07, 6.45) is 4.34. The van der Waals surface area contributed by atoms with Gasteiger partial charge in [0.2, 0.25) is 0 Å². The summed E-state index contributed by atoms with van der Waals surface area (Å²) in [5.41, 5.74) is 0.559. The number of rotatable bonds is 2. The Morgan fingerprint density at radius 1 is 1.20 bits per heavy atom. The molecule has 0 spiro atoms. The van der Waals surface area contributed by atoms with Crippen molar-refractivity contribution in [3.05, 3.63) is 30.7 Å². The maximum absolute atomic E-state index is 10.9. The SMILES string of the molecule is O=S(=O)(Cl)c1ccc(-n2nccn2)cn1. The van der Waals surface area contributed by atoms with Crippen LogP contribution in [0.1, 0.15) is 0 Å². The van der Waals surface area contributed by atoms with Gasteiger partial charge in [0, 0.05) is 10.7 Å². The number of halogens is 1. The molecule has 0 saturated carbocycles. The molecule has 0 bridgehead atoms. The lowest BCUT2D eigenvalue weighted by molar-refractivity contribution is 0.606. The Kier molecular flexibility index (Phi) is 2.41. The Balaban J connectivity index is 2.42. The topological polar surface area (TPSA) is 77.7 Å². The monoisotopic (exact) mass is 244 g/mol. The average Bonchev–Trinajstić information content (AvgIpc) is 2.69. The van der Waals surface area contributed by atoms with Crippen LogP contribution in [-0.4, -0.2) is 28.4 Å². The quantitative estimate of drug-likeness (QED) is 0.723. The van der Waals surface area contributed by atoms with Crippen molar-refractivity contribution in [1.82, 2.24) is 20.0 Å². The summed E-state index contributed by atoms with van der Waals surface area (Å²) in [7, 11) is 1.33. The highest BCUT2D eigenvalue weighted by atomic mass is 35.7. The zero-order valence-corrected chi connectivity index (χ0v) is 8.85. The first-order valence-corrected chi connectivity index (χ1v) is 6.16. The fourth-order valence-corrected chi connectivity index (χ4v) is 1.67. The molecule has 0 fully saturated rings. The molecular formula is C7H5ClN4O2S. The van der Waals surface area contributed by atoms with Gasteiger partial charge in [-0.05, 0) is 12.1 Å². The summed E-state index contributed by atoms with van der Waals surface area (Å²) in [5, 5.41) is 7.53. The largest absolute Gasteiger partial charge is 0.278 e. The summed E-state index contributed by atoms with van der Waals surface area (Å²) >= 11 is 0. The van der Waals surface area contributed by atoms with E-state index >= 15 is 0 Å². The second-order valence-electron chi connectivity index (χ2n) is 2.61. The molecule has 0 unspecified atom stereocenters. The molecule has 8 heteroatoms. The molecule has 15 heavy (non-hydrogen) atoms. The molecule has 2 heterocycles. The van der Waals surface area contributed by atoms with Crippen LogP contribution in [0.25, 0.3) is 5.69 Å². The van der Waals surface area contributed by atoms with Gasteiger partial charge in [0.25, 0.3) is 9.05 Å². The Labute approximate surface area is 89.9 Å². The molecular weight excluding hydrogens is 240 g/mol. The minimum Gasteiger partial charge on any atom is -0.241 e. The zero-order chi connectivity index (χ0) is 10.9. The second-order valence-corrected chi connectivity index (χ2v) is 5.12. The average molecular weight is 245 g/mol. The van der Waals surface area contributed by atoms with E-state index in [1.54, 1.807) is 0 Å². The molecule has 0 atom stereocenters. The van der Waals surface area contributed by atoms with Crippen LogP contribution in [0.15, 0.2) is 35.7 Å². The number of pyridine rings is 1. The van der Waals surface area contributed by atoms with Crippen molar-refractivity contribution < 1.29 is 8.42 Å². The summed E-state index contributed by atoms with van der Waals surface area (Å²) in [5.74, 6) is 0. The third-order valence-corrected chi connectivity index (χ3v) is 2.84. The van der Waals surface area contributed by atoms with Crippen molar-refractivity contribution >= 4 is 19.7 Å². The minimum absolute atomic E-state index is 0.194. The van der Waals surface area contributed by atoms with Gasteiger partial charge in [-0.25, -0.2) is 13.4 Å². The van der Waals surface area contributed by atoms with Crippen molar-refractivity contribution in [2.45, 2.75) is 5.03 Å². The molecule has 6 nitrogen and oxygen atoms in total. The predicted octanol–water partition coefficient (Wildman–Crippen LogP) is 0.590. The highest BCUT2D eigenvalue weighted by molar-refractivity contribution is 8.13. The minimum atomic E-state index is -3.78. The lowest BCUT2D eigenvalue weighted by Gasteiger charge is -1.99. The maximum Gasteiger partial charge on any atom is 0.278 e. The predicted molar refractivity (Wildman–Crippen MR) is 52.2 cm³/mol. The lowest BCUT2D eigenvalue weighted by Crippen LogP contribution is -2.01. The molecule has 0 aliphatic carbocycles. The van der Waals surface area contributed by atoms with Crippen LogP contribution in [0, 0.1) is 0 Å². The highest BCUT2D eigenvalue weighted by Gasteiger charge is 2.11. The van der Waals surface area contributed by atoms with Crippen molar-refractivity contribution in [3.8, 4) is 5.69 Å². The number of nitrogens with zero attached hydrogens (tertiary/aromatic N) is 4. The molecule has 0 aliphatic rings. The smallest absolute Gasteiger partial charge is 0.241 e. The van der Waals surface area contributed by atoms with Crippen LogP contribution in [0.4, 0.5) is 0 Å². The van der Waals surface area contributed by atoms with E-state index in [1.807, 2.05) is 0 Å². The molecule has 0 amide bonds. The fourth-order valence-electron chi connectivity index (χ4n) is 0.984. The Morgan fingerprint density at radius 3 is 2.33 bits per heavy atom. The van der Waals surface area contributed by atoms with Gasteiger partial charge in [-0.3, -0.25) is 0 Å². The standard InChI is InChI=1S/C7H5ClN4O2S/c8-15(13,14)7-2-1-6(5-9-7)12-10-3-4-11-12/h1-5H. The van der Waals surface area contributed by atoms with Crippen LogP contribution in [0.5, 0.6) is 0 Å². The van der Waals surface area contributed by atoms with Crippen LogP contribution >= 0.6 is 10.7 Å². The van der Waals surface area contributed by atoms with Crippen molar-refractivity contribution in [3.63, 3.8) is 0 Å². The second kappa shape index (κ2) is 3.59. The van der Waals surface area contributed by atoms with Gasteiger partial charge < -0.3 is 0 Å². The van der Waals surface area contributed by atoms with Gasteiger partial charge in [-0.15, -0.1) is 0 Å². The number of hydrogen-bond donors (Lipinski definition) is 0. The first kappa shape index (κ1) is 10.1. The third kappa shape index (κ3) is 2.13. The van der Waals surface area contributed by atoms with E-state index in [0.29, 0.717) is 5.69 Å². The van der Waals surface area contributed by atoms with Crippen molar-refractivity contribution in [2.75, 3.05) is 0 Å². The van der Waals surface area contributed by atoms with E-state index in [-0.39, 0.29) is 5.03 Å². The van der Waals surface area contributed by atoms with Gasteiger partial charge in [0.15, 0.2) is 5.03 Å². The molecule has 0 aliphatic heterocycles. The van der Waals surface area contributed by atoms with Crippen molar-refractivity contribution in [1.29, 1.82) is 0 Å². The van der Waals surface area contributed by atoms with Crippen LogP contribution in [0.3, 0.4) is 0 Å². The number of hydrogen-bond acceptors (Lipinski definition) is 5. The molecule has 78 valence electrons. The molecule has 0 N–H and O–H groups in total. The van der Waals surface area contributed by atoms with Gasteiger partial charge in [0.1, 0.15) is 5.69 Å². The van der Waals surface area contributed by atoms with Gasteiger partial charge in [-0.1, -0.05) is 0 Å². The fraction of sp³-hybridized carbons (Fsp3) is 0. The van der Waals surface area contributed by atoms with Crippen LogP contribution in [0.2, 0.25) is 0 Å². The Morgan fingerprint density at radius 2 is 1.87 bits per heavy atom. The third-order valence-electron chi connectivity index (χ3n) is 1.62. The molecule has 0 radical (unpaired) electrons. The Bertz CT molecular complexity index is 549. The highest BCUT2D eigenvalue weighted by Crippen LogP contribution is 2.12. The van der Waals surface area contributed by atoms with Crippen LogP contribution < -0.4 is 0 Å². The maximum atomic E-state index is 10.9. The molecule has 2 aromatic heterocycles. The summed E-state index contributed by atoms with van der Waals surface area (Å²) in [6.45, 7) is 0. The summed E-state index contributed by atoms with van der Waals surface area (Å²) in [6, 6.07) is 2.81. The van der Waals surface area contributed by atoms with E-state index in [9.17, 15) is 8.42 Å². The molecule has 0 aromatic carbocycles. The van der Waals surface area contributed by atoms with Gasteiger partial charge in [-0.2, -0.15) is 15.0 Å². The molecule has 2 rings (SSSR count). The van der Waals surface area contributed by atoms with E-state index in [4.69, 9.17) is 10.7 Å². The zero-order valence-electron chi connectivity index (χ0n) is 7.28. The van der Waals surface area contributed by atoms with Gasteiger partial charge >= 0.3 is 0 Å². The Hall–Kier alpha value is -1.47. The normalized spacial score (nSPS) is 11.5. The lowest BCUT2D eigenvalue weighted by atomic mass is 10.4. The van der Waals surface area contributed by atoms with Crippen molar-refractivity contribution in [2.24, 2.45) is 0 Å². The first-order chi connectivity index (χ1) is 7.07. The first-order valence-electron chi connectivity index (χ1n) is 3.85. The van der Waals surface area contributed by atoms with Gasteiger partial charge in [0.05, 0.1) is 18.6 Å². The summed E-state index contributed by atoms with van der Waals surface area (Å²) < 4.78 is 21.8. The number of aromatic nitrogens is 4. The van der Waals surface area contributed by atoms with E-state index in [1.165, 1.54) is 35.5 Å². The van der Waals surface area contributed by atoms with E-state index in [2.05, 4.69) is 15.2 Å². The van der Waals surface area contributed by atoms with Crippen LogP contribution in [-0.2, 0) is 9.05 Å².